The van der Waals surface area contributed by atoms with Crippen molar-refractivity contribution in [3.63, 3.8) is 0 Å². The first kappa shape index (κ1) is 26.8. The number of nitrogens with one attached hydrogen (secondary N) is 1. The van der Waals surface area contributed by atoms with E-state index in [0.717, 1.165) is 12.3 Å². The van der Waals surface area contributed by atoms with Gasteiger partial charge in [0.1, 0.15) is 12.4 Å². The predicted molar refractivity (Wildman–Crippen MR) is 145 cm³/mol. The highest BCUT2D eigenvalue weighted by atomic mass is 35.5. The highest BCUT2D eigenvalue weighted by Gasteiger charge is 2.45. The molecular formula is C27H47ClN2O2Si. The second-order valence-corrected chi connectivity index (χ2v) is 17.6. The van der Waals surface area contributed by atoms with Crippen LogP contribution in [0.5, 0.6) is 5.75 Å². The number of anilines is 1. The third kappa shape index (κ3) is 5.91. The van der Waals surface area contributed by atoms with Crippen LogP contribution in [0, 0.1) is 0 Å². The van der Waals surface area contributed by atoms with Crippen LogP contribution in [-0.4, -0.2) is 45.7 Å². The molecule has 3 rings (SSSR count). The SMILES string of the molecule is CC(C)[Si](OCCOc1ccc(N2CC(C)(C)NC3CCCCC32)cc1Cl)(C(C)C)C(C)C. The normalized spacial score (nSPS) is 23.3. The van der Waals surface area contributed by atoms with E-state index in [1.807, 2.05) is 6.07 Å². The molecule has 2 aliphatic rings. The fourth-order valence-electron chi connectivity index (χ4n) is 6.68. The number of nitrogens with zero attached hydrogens (tertiary/aromatic N) is 1. The van der Waals surface area contributed by atoms with Gasteiger partial charge in [-0.2, -0.15) is 0 Å². The minimum atomic E-state index is -1.87. The second kappa shape index (κ2) is 10.9. The first-order chi connectivity index (χ1) is 15.5. The molecule has 2 atom stereocenters. The summed E-state index contributed by atoms with van der Waals surface area (Å²) >= 11 is 6.72. The van der Waals surface area contributed by atoms with Crippen LogP contribution in [0.25, 0.3) is 0 Å². The van der Waals surface area contributed by atoms with E-state index in [2.05, 4.69) is 77.7 Å². The molecule has 0 radical (unpaired) electrons. The molecule has 2 fully saturated rings. The van der Waals surface area contributed by atoms with Crippen molar-refractivity contribution in [2.45, 2.75) is 115 Å². The predicted octanol–water partition coefficient (Wildman–Crippen LogP) is 7.41. The Morgan fingerprint density at radius 2 is 1.67 bits per heavy atom. The average Bonchev–Trinajstić information content (AvgIpc) is 2.72. The lowest BCUT2D eigenvalue weighted by Gasteiger charge is -2.52. The van der Waals surface area contributed by atoms with Crippen LogP contribution in [0.4, 0.5) is 5.69 Å². The number of hydrogen-bond acceptors (Lipinski definition) is 4. The van der Waals surface area contributed by atoms with Crippen molar-refractivity contribution in [1.82, 2.24) is 5.32 Å². The van der Waals surface area contributed by atoms with E-state index in [1.165, 1.54) is 31.4 Å². The van der Waals surface area contributed by atoms with Gasteiger partial charge in [-0.15, -0.1) is 0 Å². The Balaban J connectivity index is 1.65. The Morgan fingerprint density at radius 1 is 1.03 bits per heavy atom. The zero-order valence-electron chi connectivity index (χ0n) is 22.2. The summed E-state index contributed by atoms with van der Waals surface area (Å²) in [5.41, 5.74) is 3.03. The number of rotatable bonds is 9. The average molecular weight is 495 g/mol. The maximum Gasteiger partial charge on any atom is 0.200 e. The van der Waals surface area contributed by atoms with E-state index < -0.39 is 8.32 Å². The van der Waals surface area contributed by atoms with Crippen molar-refractivity contribution in [1.29, 1.82) is 0 Å². The van der Waals surface area contributed by atoms with Crippen molar-refractivity contribution in [2.24, 2.45) is 0 Å². The summed E-state index contributed by atoms with van der Waals surface area (Å²) in [6.45, 7) is 20.7. The van der Waals surface area contributed by atoms with Gasteiger partial charge >= 0.3 is 0 Å². The van der Waals surface area contributed by atoms with Gasteiger partial charge in [-0.25, -0.2) is 0 Å². The van der Waals surface area contributed by atoms with Gasteiger partial charge in [-0.1, -0.05) is 66.0 Å². The smallest absolute Gasteiger partial charge is 0.200 e. The first-order valence-corrected chi connectivity index (χ1v) is 15.6. The summed E-state index contributed by atoms with van der Waals surface area (Å²) in [5, 5.41) is 4.57. The van der Waals surface area contributed by atoms with E-state index >= 15 is 0 Å². The van der Waals surface area contributed by atoms with Crippen LogP contribution >= 0.6 is 11.6 Å². The summed E-state index contributed by atoms with van der Waals surface area (Å²) in [5.74, 6) is 0.754. The zero-order chi connectivity index (χ0) is 24.4. The molecule has 1 aromatic carbocycles. The molecule has 1 saturated carbocycles. The molecule has 1 N–H and O–H groups in total. The molecule has 4 nitrogen and oxygen atoms in total. The number of hydrogen-bond donors (Lipinski definition) is 1. The van der Waals surface area contributed by atoms with Gasteiger partial charge in [-0.05, 0) is 61.5 Å². The molecule has 6 heteroatoms. The number of halogens is 1. The highest BCUT2D eigenvalue weighted by molar-refractivity contribution is 6.77. The van der Waals surface area contributed by atoms with E-state index in [4.69, 9.17) is 20.8 Å². The lowest BCUT2D eigenvalue weighted by atomic mass is 9.83. The van der Waals surface area contributed by atoms with Crippen LogP contribution in [0.15, 0.2) is 18.2 Å². The van der Waals surface area contributed by atoms with Crippen molar-refractivity contribution in [3.8, 4) is 5.75 Å². The molecule has 1 aliphatic carbocycles. The van der Waals surface area contributed by atoms with E-state index in [-0.39, 0.29) is 5.54 Å². The Bertz CT molecular complexity index is 762. The first-order valence-electron chi connectivity index (χ1n) is 13.1. The maximum atomic E-state index is 6.72. The van der Waals surface area contributed by atoms with Gasteiger partial charge < -0.3 is 19.4 Å². The van der Waals surface area contributed by atoms with Crippen molar-refractivity contribution in [2.75, 3.05) is 24.7 Å². The van der Waals surface area contributed by atoms with Crippen LogP contribution in [-0.2, 0) is 4.43 Å². The van der Waals surface area contributed by atoms with E-state index in [0.29, 0.717) is 46.9 Å². The highest BCUT2D eigenvalue weighted by Crippen LogP contribution is 2.42. The van der Waals surface area contributed by atoms with Gasteiger partial charge in [0.2, 0.25) is 0 Å². The molecule has 0 aromatic heterocycles. The molecule has 1 heterocycles. The van der Waals surface area contributed by atoms with Crippen LogP contribution < -0.4 is 15.0 Å². The van der Waals surface area contributed by atoms with Crippen molar-refractivity contribution < 1.29 is 9.16 Å². The van der Waals surface area contributed by atoms with E-state index in [9.17, 15) is 0 Å². The summed E-state index contributed by atoms with van der Waals surface area (Å²) in [7, 11) is -1.87. The van der Waals surface area contributed by atoms with Gasteiger partial charge in [0.05, 0.1) is 11.6 Å². The number of ether oxygens (including phenoxy) is 1. The maximum absolute atomic E-state index is 6.72. The molecule has 2 unspecified atom stereocenters. The Kier molecular flexibility index (Phi) is 8.85. The van der Waals surface area contributed by atoms with Gasteiger partial charge in [0, 0.05) is 29.9 Å². The lowest BCUT2D eigenvalue weighted by molar-refractivity contribution is 0.197. The Morgan fingerprint density at radius 3 is 2.27 bits per heavy atom. The molecular weight excluding hydrogens is 448 g/mol. The Hall–Kier alpha value is -0.753. The number of fused-ring (bicyclic) bond motifs is 1. The topological polar surface area (TPSA) is 33.7 Å². The molecule has 33 heavy (non-hydrogen) atoms. The largest absolute Gasteiger partial charge is 0.490 e. The van der Waals surface area contributed by atoms with Gasteiger partial charge in [-0.3, -0.25) is 0 Å². The molecule has 0 amide bonds. The summed E-state index contributed by atoms with van der Waals surface area (Å²) < 4.78 is 12.7. The van der Waals surface area contributed by atoms with E-state index in [1.54, 1.807) is 0 Å². The molecule has 0 bridgehead atoms. The molecule has 1 aliphatic heterocycles. The molecule has 1 saturated heterocycles. The summed E-state index contributed by atoms with van der Waals surface area (Å²) in [6.07, 6.45) is 5.13. The van der Waals surface area contributed by atoms with Crippen molar-refractivity contribution in [3.05, 3.63) is 23.2 Å². The van der Waals surface area contributed by atoms with Crippen LogP contribution in [0.1, 0.15) is 81.1 Å². The zero-order valence-corrected chi connectivity index (χ0v) is 24.0. The fraction of sp³-hybridized carbons (Fsp3) is 0.778. The minimum Gasteiger partial charge on any atom is -0.490 e. The monoisotopic (exact) mass is 494 g/mol. The molecule has 0 spiro atoms. The third-order valence-electron chi connectivity index (χ3n) is 7.92. The minimum absolute atomic E-state index is 0.0944. The quantitative estimate of drug-likeness (QED) is 0.286. The lowest BCUT2D eigenvalue weighted by Crippen LogP contribution is -2.67. The second-order valence-electron chi connectivity index (χ2n) is 11.7. The van der Waals surface area contributed by atoms with Crippen LogP contribution in [0.3, 0.4) is 0 Å². The third-order valence-corrected chi connectivity index (χ3v) is 14.3. The summed E-state index contributed by atoms with van der Waals surface area (Å²) in [6, 6.07) is 7.43. The number of benzene rings is 1. The molecule has 1 aromatic rings. The van der Waals surface area contributed by atoms with Crippen molar-refractivity contribution >= 4 is 25.6 Å². The Labute approximate surface area is 208 Å². The molecule has 188 valence electrons. The van der Waals surface area contributed by atoms with Crippen LogP contribution in [0.2, 0.25) is 21.6 Å². The standard InChI is InChI=1S/C27H47ClN2O2Si/c1-19(2)33(20(3)4,21(5)6)32-16-15-31-26-14-13-22(17-23(26)28)30-18-27(7,8)29-24-11-9-10-12-25(24)30/h13-14,17,19-21,24-25,29H,9-12,15-16,18H2,1-8H3. The van der Waals surface area contributed by atoms with Gasteiger partial charge in [0.15, 0.2) is 8.32 Å². The summed E-state index contributed by atoms with van der Waals surface area (Å²) in [4.78, 5) is 2.58. The van der Waals surface area contributed by atoms with Gasteiger partial charge in [0.25, 0.3) is 0 Å². The number of piperazine rings is 1. The fourth-order valence-corrected chi connectivity index (χ4v) is 12.3.